The summed E-state index contributed by atoms with van der Waals surface area (Å²) in [6.45, 7) is 2.87. The van der Waals surface area contributed by atoms with Crippen LogP contribution in [-0.2, 0) is 5.75 Å². The molecule has 26 heavy (non-hydrogen) atoms. The van der Waals surface area contributed by atoms with Crippen molar-refractivity contribution < 1.29 is 14.2 Å². The van der Waals surface area contributed by atoms with E-state index in [9.17, 15) is 0 Å². The summed E-state index contributed by atoms with van der Waals surface area (Å²) in [4.78, 5) is 0. The van der Waals surface area contributed by atoms with Gasteiger partial charge in [-0.25, -0.2) is 0 Å². The lowest BCUT2D eigenvalue weighted by molar-refractivity contribution is 0.174. The van der Waals surface area contributed by atoms with E-state index >= 15 is 0 Å². The van der Waals surface area contributed by atoms with Gasteiger partial charge in [0.15, 0.2) is 15.8 Å². The van der Waals surface area contributed by atoms with Crippen molar-refractivity contribution in [3.63, 3.8) is 0 Å². The second kappa shape index (κ2) is 7.84. The maximum absolute atomic E-state index is 5.62. The van der Waals surface area contributed by atoms with Gasteiger partial charge >= 0.3 is 0 Å². The number of fused-ring (bicyclic) bond motifs is 1. The van der Waals surface area contributed by atoms with Crippen LogP contribution in [0.15, 0.2) is 46.8 Å². The maximum atomic E-state index is 5.62. The number of thioether (sulfide) groups is 1. The Labute approximate surface area is 159 Å². The van der Waals surface area contributed by atoms with E-state index in [0.717, 1.165) is 43.7 Å². The summed E-state index contributed by atoms with van der Waals surface area (Å²) >= 11 is 3.16. The van der Waals surface area contributed by atoms with Crippen molar-refractivity contribution in [1.82, 2.24) is 10.2 Å². The Morgan fingerprint density at radius 3 is 2.96 bits per heavy atom. The highest BCUT2D eigenvalue weighted by atomic mass is 32.2. The van der Waals surface area contributed by atoms with E-state index in [4.69, 9.17) is 14.2 Å². The Morgan fingerprint density at radius 2 is 2.04 bits per heavy atom. The average molecular weight is 387 g/mol. The molecule has 1 N–H and O–H groups in total. The SMILES string of the molecule is CCOc1ccccc1Nc1nnc(SCc2ccc3c(c2)OCO3)s1. The first-order valence-electron chi connectivity index (χ1n) is 8.15. The highest BCUT2D eigenvalue weighted by Gasteiger charge is 2.14. The molecule has 0 bridgehead atoms. The number of hydrogen-bond acceptors (Lipinski definition) is 8. The van der Waals surface area contributed by atoms with E-state index in [1.807, 2.05) is 49.4 Å². The van der Waals surface area contributed by atoms with E-state index in [1.165, 1.54) is 11.3 Å². The van der Waals surface area contributed by atoms with Crippen LogP contribution >= 0.6 is 23.1 Å². The number of nitrogens with zero attached hydrogens (tertiary/aromatic N) is 2. The molecule has 0 fully saturated rings. The fourth-order valence-electron chi connectivity index (χ4n) is 2.46. The summed E-state index contributed by atoms with van der Waals surface area (Å²) in [5.74, 6) is 3.20. The van der Waals surface area contributed by atoms with Gasteiger partial charge in [-0.1, -0.05) is 41.3 Å². The standard InChI is InChI=1S/C18H17N3O3S2/c1-2-22-14-6-4-3-5-13(14)19-17-20-21-18(26-17)25-10-12-7-8-15-16(9-12)24-11-23-15/h3-9H,2,10-11H2,1H3,(H,19,20). The zero-order chi connectivity index (χ0) is 17.8. The molecule has 1 aliphatic heterocycles. The summed E-state index contributed by atoms with van der Waals surface area (Å²) in [6, 6.07) is 13.8. The lowest BCUT2D eigenvalue weighted by atomic mass is 10.2. The molecule has 0 unspecified atom stereocenters. The molecule has 1 aromatic heterocycles. The lowest BCUT2D eigenvalue weighted by Gasteiger charge is -2.09. The van der Waals surface area contributed by atoms with Gasteiger partial charge in [-0.3, -0.25) is 0 Å². The topological polar surface area (TPSA) is 65.5 Å². The first kappa shape index (κ1) is 17.0. The van der Waals surface area contributed by atoms with Crippen LogP contribution in [-0.4, -0.2) is 23.6 Å². The number of aromatic nitrogens is 2. The summed E-state index contributed by atoms with van der Waals surface area (Å²) in [7, 11) is 0. The average Bonchev–Trinajstić information content (AvgIpc) is 3.30. The van der Waals surface area contributed by atoms with Crippen LogP contribution < -0.4 is 19.5 Å². The number of para-hydroxylation sites is 2. The molecular weight excluding hydrogens is 370 g/mol. The van der Waals surface area contributed by atoms with Crippen molar-refractivity contribution >= 4 is 33.9 Å². The summed E-state index contributed by atoms with van der Waals surface area (Å²) in [5.41, 5.74) is 2.04. The highest BCUT2D eigenvalue weighted by Crippen LogP contribution is 2.36. The van der Waals surface area contributed by atoms with Gasteiger partial charge in [-0.2, -0.15) is 0 Å². The number of hydrogen-bond donors (Lipinski definition) is 1. The monoisotopic (exact) mass is 387 g/mol. The molecule has 0 aliphatic carbocycles. The third-order valence-electron chi connectivity index (χ3n) is 3.63. The quantitative estimate of drug-likeness (QED) is 0.589. The third-order valence-corrected chi connectivity index (χ3v) is 5.68. The second-order valence-electron chi connectivity index (χ2n) is 5.40. The maximum Gasteiger partial charge on any atom is 0.231 e. The largest absolute Gasteiger partial charge is 0.492 e. The van der Waals surface area contributed by atoms with Gasteiger partial charge in [-0.05, 0) is 36.8 Å². The molecule has 0 radical (unpaired) electrons. The fourth-order valence-corrected chi connectivity index (χ4v) is 4.17. The van der Waals surface area contributed by atoms with Crippen molar-refractivity contribution in [2.24, 2.45) is 0 Å². The molecule has 0 saturated carbocycles. The van der Waals surface area contributed by atoms with E-state index in [0.29, 0.717) is 13.4 Å². The van der Waals surface area contributed by atoms with Crippen LogP contribution in [0.2, 0.25) is 0 Å². The summed E-state index contributed by atoms with van der Waals surface area (Å²) in [6.07, 6.45) is 0. The van der Waals surface area contributed by atoms with Crippen LogP contribution in [0, 0.1) is 0 Å². The molecule has 0 spiro atoms. The van der Waals surface area contributed by atoms with Crippen molar-refractivity contribution in [2.45, 2.75) is 17.0 Å². The van der Waals surface area contributed by atoms with E-state index < -0.39 is 0 Å². The molecule has 2 aromatic carbocycles. The Morgan fingerprint density at radius 1 is 1.15 bits per heavy atom. The number of rotatable bonds is 7. The fraction of sp³-hybridized carbons (Fsp3) is 0.222. The molecule has 134 valence electrons. The van der Waals surface area contributed by atoms with E-state index in [1.54, 1.807) is 11.8 Å². The summed E-state index contributed by atoms with van der Waals surface area (Å²) in [5, 5.41) is 12.5. The molecule has 3 aromatic rings. The molecule has 0 saturated heterocycles. The molecule has 1 aliphatic rings. The van der Waals surface area contributed by atoms with Gasteiger partial charge in [0.05, 0.1) is 12.3 Å². The molecule has 0 amide bonds. The predicted octanol–water partition coefficient (Wildman–Crippen LogP) is 4.70. The number of anilines is 2. The van der Waals surface area contributed by atoms with Crippen LogP contribution in [0.3, 0.4) is 0 Å². The van der Waals surface area contributed by atoms with Gasteiger partial charge in [0.1, 0.15) is 5.75 Å². The van der Waals surface area contributed by atoms with Crippen LogP contribution in [0.5, 0.6) is 17.2 Å². The first-order chi connectivity index (χ1) is 12.8. The van der Waals surface area contributed by atoms with Gasteiger partial charge < -0.3 is 19.5 Å². The van der Waals surface area contributed by atoms with Crippen molar-refractivity contribution in [3.05, 3.63) is 48.0 Å². The molecule has 8 heteroatoms. The number of nitrogens with one attached hydrogen (secondary N) is 1. The van der Waals surface area contributed by atoms with Gasteiger partial charge in [0, 0.05) is 5.75 Å². The van der Waals surface area contributed by atoms with E-state index in [2.05, 4.69) is 15.5 Å². The minimum atomic E-state index is 0.292. The Hall–Kier alpha value is -2.45. The molecule has 0 atom stereocenters. The normalized spacial score (nSPS) is 12.2. The molecule has 2 heterocycles. The predicted molar refractivity (Wildman–Crippen MR) is 103 cm³/mol. The number of ether oxygens (including phenoxy) is 3. The van der Waals surface area contributed by atoms with E-state index in [-0.39, 0.29) is 0 Å². The molecule has 4 rings (SSSR count). The minimum absolute atomic E-state index is 0.292. The van der Waals surface area contributed by atoms with Gasteiger partial charge in [0.25, 0.3) is 0 Å². The number of benzene rings is 2. The Bertz CT molecular complexity index is 901. The van der Waals surface area contributed by atoms with Crippen molar-refractivity contribution in [2.75, 3.05) is 18.7 Å². The smallest absolute Gasteiger partial charge is 0.231 e. The highest BCUT2D eigenvalue weighted by molar-refractivity contribution is 8.00. The molecular formula is C18H17N3O3S2. The summed E-state index contributed by atoms with van der Waals surface area (Å²) < 4.78 is 17.3. The zero-order valence-corrected chi connectivity index (χ0v) is 15.7. The minimum Gasteiger partial charge on any atom is -0.492 e. The first-order valence-corrected chi connectivity index (χ1v) is 9.95. The van der Waals surface area contributed by atoms with Crippen LogP contribution in [0.25, 0.3) is 0 Å². The van der Waals surface area contributed by atoms with Gasteiger partial charge in [-0.15, -0.1) is 10.2 Å². The Balaban J connectivity index is 1.39. The van der Waals surface area contributed by atoms with Crippen molar-refractivity contribution in [1.29, 1.82) is 0 Å². The van der Waals surface area contributed by atoms with Crippen LogP contribution in [0.1, 0.15) is 12.5 Å². The lowest BCUT2D eigenvalue weighted by Crippen LogP contribution is -1.97. The van der Waals surface area contributed by atoms with Crippen molar-refractivity contribution in [3.8, 4) is 17.2 Å². The second-order valence-corrected chi connectivity index (χ2v) is 7.60. The molecule has 6 nitrogen and oxygen atoms in total. The zero-order valence-electron chi connectivity index (χ0n) is 14.1. The third kappa shape index (κ3) is 3.86. The van der Waals surface area contributed by atoms with Crippen LogP contribution in [0.4, 0.5) is 10.8 Å². The Kier molecular flexibility index (Phi) is 5.12. The van der Waals surface area contributed by atoms with Gasteiger partial charge in [0.2, 0.25) is 11.9 Å².